The van der Waals surface area contributed by atoms with Gasteiger partial charge in [-0.1, -0.05) is 26.7 Å². The van der Waals surface area contributed by atoms with Crippen molar-refractivity contribution < 1.29 is 9.90 Å². The molecule has 0 saturated heterocycles. The number of rotatable bonds is 3. The first-order chi connectivity index (χ1) is 7.99. The van der Waals surface area contributed by atoms with Gasteiger partial charge in [-0.15, -0.1) is 0 Å². The number of likely N-dealkylation sites (N-methyl/N-ethyl adjacent to an activating group) is 1. The molecule has 1 rings (SSSR count). The van der Waals surface area contributed by atoms with Crippen LogP contribution in [0.15, 0.2) is 0 Å². The van der Waals surface area contributed by atoms with Crippen molar-refractivity contribution in [2.45, 2.75) is 51.7 Å². The molecule has 3 unspecified atom stereocenters. The SMILES string of the molecule is CC(C)C(C#N)C(=O)N(C)C1CCCCC1O. The van der Waals surface area contributed by atoms with Crippen molar-refractivity contribution in [3.8, 4) is 6.07 Å². The summed E-state index contributed by atoms with van der Waals surface area (Å²) in [6.07, 6.45) is 3.20. The van der Waals surface area contributed by atoms with Gasteiger partial charge in [0.25, 0.3) is 0 Å². The van der Waals surface area contributed by atoms with E-state index >= 15 is 0 Å². The number of nitrogens with zero attached hydrogens (tertiary/aromatic N) is 2. The maximum absolute atomic E-state index is 12.2. The third-order valence-corrected chi connectivity index (χ3v) is 3.61. The first kappa shape index (κ1) is 14.0. The van der Waals surface area contributed by atoms with Crippen molar-refractivity contribution in [2.24, 2.45) is 11.8 Å². The van der Waals surface area contributed by atoms with E-state index in [1.165, 1.54) is 0 Å². The predicted molar refractivity (Wildman–Crippen MR) is 65.0 cm³/mol. The second kappa shape index (κ2) is 6.02. The Hall–Kier alpha value is -1.08. The summed E-state index contributed by atoms with van der Waals surface area (Å²) in [4.78, 5) is 13.7. The zero-order valence-corrected chi connectivity index (χ0v) is 10.9. The molecule has 1 aliphatic rings. The van der Waals surface area contributed by atoms with E-state index in [1.54, 1.807) is 11.9 Å². The predicted octanol–water partition coefficient (Wildman–Crippen LogP) is 1.54. The molecule has 1 aliphatic carbocycles. The first-order valence-corrected chi connectivity index (χ1v) is 6.33. The number of carbonyl (C=O) groups is 1. The second-order valence-electron chi connectivity index (χ2n) is 5.22. The topological polar surface area (TPSA) is 64.3 Å². The van der Waals surface area contributed by atoms with Crippen LogP contribution < -0.4 is 0 Å². The molecule has 4 heteroatoms. The van der Waals surface area contributed by atoms with Crippen LogP contribution in [0.3, 0.4) is 0 Å². The number of nitriles is 1. The first-order valence-electron chi connectivity index (χ1n) is 6.33. The van der Waals surface area contributed by atoms with Gasteiger partial charge < -0.3 is 10.0 Å². The summed E-state index contributed by atoms with van der Waals surface area (Å²) in [6.45, 7) is 3.74. The highest BCUT2D eigenvalue weighted by Crippen LogP contribution is 2.24. The van der Waals surface area contributed by atoms with E-state index in [0.717, 1.165) is 25.7 Å². The van der Waals surface area contributed by atoms with E-state index in [4.69, 9.17) is 5.26 Å². The molecule has 0 heterocycles. The molecule has 0 aromatic rings. The fourth-order valence-electron chi connectivity index (χ4n) is 2.42. The van der Waals surface area contributed by atoms with Crippen molar-refractivity contribution in [1.82, 2.24) is 4.90 Å². The molecule has 0 aliphatic heterocycles. The summed E-state index contributed by atoms with van der Waals surface area (Å²) in [7, 11) is 1.70. The molecule has 1 amide bonds. The normalized spacial score (nSPS) is 26.4. The van der Waals surface area contributed by atoms with Crippen LogP contribution >= 0.6 is 0 Å². The standard InChI is InChI=1S/C13H22N2O2/c1-9(2)10(8-14)13(17)15(3)11-6-4-5-7-12(11)16/h9-12,16H,4-7H2,1-3H3. The van der Waals surface area contributed by atoms with Gasteiger partial charge in [0.05, 0.1) is 18.2 Å². The third-order valence-electron chi connectivity index (χ3n) is 3.61. The Balaban J connectivity index is 2.71. The lowest BCUT2D eigenvalue weighted by Crippen LogP contribution is -2.48. The van der Waals surface area contributed by atoms with E-state index in [0.29, 0.717) is 0 Å². The minimum atomic E-state index is -0.603. The van der Waals surface area contributed by atoms with Gasteiger partial charge in [-0.3, -0.25) is 4.79 Å². The molecule has 1 N–H and O–H groups in total. The average Bonchev–Trinajstić information content (AvgIpc) is 2.29. The third kappa shape index (κ3) is 3.19. The molecule has 4 nitrogen and oxygen atoms in total. The fourth-order valence-corrected chi connectivity index (χ4v) is 2.42. The number of amides is 1. The highest BCUT2D eigenvalue weighted by atomic mass is 16.3. The van der Waals surface area contributed by atoms with E-state index < -0.39 is 12.0 Å². The Kier molecular flexibility index (Phi) is 4.95. The maximum Gasteiger partial charge on any atom is 0.240 e. The average molecular weight is 238 g/mol. The summed E-state index contributed by atoms with van der Waals surface area (Å²) in [5.74, 6) is -0.752. The van der Waals surface area contributed by atoms with Crippen LogP contribution in [-0.4, -0.2) is 35.1 Å². The lowest BCUT2D eigenvalue weighted by Gasteiger charge is -2.36. The maximum atomic E-state index is 12.2. The summed E-state index contributed by atoms with van der Waals surface area (Å²) in [5, 5.41) is 18.9. The van der Waals surface area contributed by atoms with E-state index in [-0.39, 0.29) is 17.9 Å². The summed E-state index contributed by atoms with van der Waals surface area (Å²) in [6, 6.07) is 1.94. The Morgan fingerprint density at radius 1 is 1.41 bits per heavy atom. The molecule has 0 bridgehead atoms. The van der Waals surface area contributed by atoms with Gasteiger partial charge in [0.1, 0.15) is 5.92 Å². The molecule has 17 heavy (non-hydrogen) atoms. The van der Waals surface area contributed by atoms with Crippen molar-refractivity contribution in [1.29, 1.82) is 5.26 Å². The van der Waals surface area contributed by atoms with Crippen LogP contribution in [-0.2, 0) is 4.79 Å². The van der Waals surface area contributed by atoms with Crippen molar-refractivity contribution in [3.63, 3.8) is 0 Å². The van der Waals surface area contributed by atoms with E-state index in [2.05, 4.69) is 6.07 Å². The minimum absolute atomic E-state index is 0.00989. The molecule has 0 aromatic carbocycles. The highest BCUT2D eigenvalue weighted by molar-refractivity contribution is 5.81. The Bertz CT molecular complexity index is 309. The molecular formula is C13H22N2O2. The van der Waals surface area contributed by atoms with E-state index in [9.17, 15) is 9.90 Å². The van der Waals surface area contributed by atoms with Gasteiger partial charge in [0.15, 0.2) is 0 Å². The molecule has 96 valence electrons. The fraction of sp³-hybridized carbons (Fsp3) is 0.846. The van der Waals surface area contributed by atoms with Crippen LogP contribution in [0.1, 0.15) is 39.5 Å². The van der Waals surface area contributed by atoms with Gasteiger partial charge in [0, 0.05) is 7.05 Å². The van der Waals surface area contributed by atoms with Crippen LogP contribution in [0.2, 0.25) is 0 Å². The van der Waals surface area contributed by atoms with Gasteiger partial charge in [-0.2, -0.15) is 5.26 Å². The minimum Gasteiger partial charge on any atom is -0.391 e. The van der Waals surface area contributed by atoms with Crippen molar-refractivity contribution in [2.75, 3.05) is 7.05 Å². The largest absolute Gasteiger partial charge is 0.391 e. The Morgan fingerprint density at radius 3 is 2.47 bits per heavy atom. The number of hydrogen-bond donors (Lipinski definition) is 1. The highest BCUT2D eigenvalue weighted by Gasteiger charge is 2.33. The molecule has 0 spiro atoms. The number of carbonyl (C=O) groups excluding carboxylic acids is 1. The summed E-state index contributed by atoms with van der Waals surface area (Å²) in [5.41, 5.74) is 0. The zero-order chi connectivity index (χ0) is 13.0. The molecule has 3 atom stereocenters. The quantitative estimate of drug-likeness (QED) is 0.811. The molecule has 0 aromatic heterocycles. The zero-order valence-electron chi connectivity index (χ0n) is 10.9. The lowest BCUT2D eigenvalue weighted by molar-refractivity contribution is -0.139. The molecular weight excluding hydrogens is 216 g/mol. The van der Waals surface area contributed by atoms with Crippen LogP contribution in [0.4, 0.5) is 0 Å². The van der Waals surface area contributed by atoms with Crippen molar-refractivity contribution >= 4 is 5.91 Å². The summed E-state index contributed by atoms with van der Waals surface area (Å²) < 4.78 is 0. The smallest absolute Gasteiger partial charge is 0.240 e. The van der Waals surface area contributed by atoms with Crippen LogP contribution in [0.5, 0.6) is 0 Å². The Labute approximate surface area is 103 Å². The number of hydrogen-bond acceptors (Lipinski definition) is 3. The van der Waals surface area contributed by atoms with Gasteiger partial charge in [-0.25, -0.2) is 0 Å². The lowest BCUT2D eigenvalue weighted by atomic mass is 9.89. The van der Waals surface area contributed by atoms with Gasteiger partial charge in [0.2, 0.25) is 5.91 Å². The molecule has 1 fully saturated rings. The number of aliphatic hydroxyl groups is 1. The summed E-state index contributed by atoms with van der Waals surface area (Å²) >= 11 is 0. The number of aliphatic hydroxyl groups excluding tert-OH is 1. The second-order valence-corrected chi connectivity index (χ2v) is 5.22. The molecule has 1 saturated carbocycles. The van der Waals surface area contributed by atoms with Gasteiger partial charge in [-0.05, 0) is 18.8 Å². The van der Waals surface area contributed by atoms with Crippen molar-refractivity contribution in [3.05, 3.63) is 0 Å². The van der Waals surface area contributed by atoms with Gasteiger partial charge >= 0.3 is 0 Å². The van der Waals surface area contributed by atoms with Crippen LogP contribution in [0, 0.1) is 23.2 Å². The monoisotopic (exact) mass is 238 g/mol. The van der Waals surface area contributed by atoms with Crippen LogP contribution in [0.25, 0.3) is 0 Å². The molecule has 0 radical (unpaired) electrons. The Morgan fingerprint density at radius 2 is 2.00 bits per heavy atom. The van der Waals surface area contributed by atoms with E-state index in [1.807, 2.05) is 13.8 Å².